The second-order valence-corrected chi connectivity index (χ2v) is 4.65. The maximum atomic E-state index is 10.4. The summed E-state index contributed by atoms with van der Waals surface area (Å²) in [4.78, 5) is 18.7. The van der Waals surface area contributed by atoms with Crippen molar-refractivity contribution in [1.82, 2.24) is 9.97 Å². The van der Waals surface area contributed by atoms with E-state index in [1.165, 1.54) is 11.8 Å². The van der Waals surface area contributed by atoms with Crippen LogP contribution in [0.25, 0.3) is 11.4 Å². The van der Waals surface area contributed by atoms with Crippen LogP contribution in [0.4, 0.5) is 0 Å². The fraction of sp³-hybridized carbons (Fsp3) is 0.190. The number of carbonyl (C=O) groups is 1. The lowest BCUT2D eigenvalue weighted by Gasteiger charge is -1.98. The van der Waals surface area contributed by atoms with Crippen LogP contribution in [0, 0.1) is 0 Å². The highest BCUT2D eigenvalue weighted by molar-refractivity contribution is 5.74. The van der Waals surface area contributed by atoms with Crippen LogP contribution in [0.2, 0.25) is 0 Å². The van der Waals surface area contributed by atoms with Gasteiger partial charge < -0.3 is 0 Å². The largest absolute Gasteiger partial charge is 0.298 e. The maximum absolute atomic E-state index is 10.4. The van der Waals surface area contributed by atoms with Gasteiger partial charge in [-0.15, -0.1) is 0 Å². The third-order valence-electron chi connectivity index (χ3n) is 3.10. The van der Waals surface area contributed by atoms with Crippen LogP contribution < -0.4 is 0 Å². The van der Waals surface area contributed by atoms with E-state index in [4.69, 9.17) is 0 Å². The normalized spacial score (nSPS) is 8.96. The molecule has 3 heteroatoms. The lowest BCUT2D eigenvalue weighted by molar-refractivity contribution is 0.112. The predicted molar refractivity (Wildman–Crippen MR) is 100 cm³/mol. The second-order valence-electron chi connectivity index (χ2n) is 4.65. The molecule has 0 unspecified atom stereocenters. The van der Waals surface area contributed by atoms with Gasteiger partial charge >= 0.3 is 0 Å². The van der Waals surface area contributed by atoms with Gasteiger partial charge in [-0.05, 0) is 36.2 Å². The van der Waals surface area contributed by atoms with Crippen molar-refractivity contribution in [3.05, 3.63) is 84.2 Å². The van der Waals surface area contributed by atoms with Crippen LogP contribution in [0.5, 0.6) is 0 Å². The Morgan fingerprint density at radius 1 is 0.833 bits per heavy atom. The van der Waals surface area contributed by atoms with E-state index in [0.29, 0.717) is 5.56 Å². The molecule has 0 radical (unpaired) electrons. The molecule has 0 aliphatic heterocycles. The van der Waals surface area contributed by atoms with E-state index in [0.717, 1.165) is 24.1 Å². The van der Waals surface area contributed by atoms with E-state index in [2.05, 4.69) is 41.2 Å². The molecule has 0 aliphatic carbocycles. The van der Waals surface area contributed by atoms with Crippen LogP contribution in [0.1, 0.15) is 36.7 Å². The molecule has 0 fully saturated rings. The summed E-state index contributed by atoms with van der Waals surface area (Å²) in [5.41, 5.74) is 3.57. The molecule has 24 heavy (non-hydrogen) atoms. The van der Waals surface area contributed by atoms with Gasteiger partial charge in [-0.1, -0.05) is 57.2 Å². The zero-order chi connectivity index (χ0) is 17.6. The minimum absolute atomic E-state index is 0.574. The molecule has 1 aromatic carbocycles. The third kappa shape index (κ3) is 6.53. The maximum Gasteiger partial charge on any atom is 0.151 e. The topological polar surface area (TPSA) is 42.9 Å². The van der Waals surface area contributed by atoms with Crippen LogP contribution in [0.15, 0.2) is 73.1 Å². The highest BCUT2D eigenvalue weighted by Crippen LogP contribution is 2.12. The molecule has 124 valence electrons. The molecule has 0 saturated carbocycles. The summed E-state index contributed by atoms with van der Waals surface area (Å²) in [5.74, 6) is 0. The standard InChI is InChI=1S/C11H8N2O.C8H10.C2H6/c14-8-9-4-5-11(13-7-9)10-3-1-2-6-12-10;1-2-8-6-4-3-5-7-8;1-2/h1-8H;3-7H,2H2,1H3;1-2H3. The van der Waals surface area contributed by atoms with Crippen LogP contribution >= 0.6 is 0 Å². The number of rotatable bonds is 3. The average Bonchev–Trinajstić information content (AvgIpc) is 2.71. The van der Waals surface area contributed by atoms with Gasteiger partial charge in [0.05, 0.1) is 11.4 Å². The van der Waals surface area contributed by atoms with E-state index in [-0.39, 0.29) is 0 Å². The Kier molecular flexibility index (Phi) is 9.39. The Balaban J connectivity index is 0.000000245. The van der Waals surface area contributed by atoms with E-state index in [1.54, 1.807) is 18.3 Å². The van der Waals surface area contributed by atoms with Gasteiger partial charge in [0.2, 0.25) is 0 Å². The summed E-state index contributed by atoms with van der Waals surface area (Å²) < 4.78 is 0. The Morgan fingerprint density at radius 3 is 1.96 bits per heavy atom. The first kappa shape index (κ1) is 19.2. The highest BCUT2D eigenvalue weighted by Gasteiger charge is 1.98. The molecule has 0 amide bonds. The Labute approximate surface area is 144 Å². The predicted octanol–water partition coefficient (Wildman–Crippen LogP) is 5.23. The third-order valence-corrected chi connectivity index (χ3v) is 3.10. The average molecular weight is 320 g/mol. The molecule has 0 bridgehead atoms. The first-order valence-electron chi connectivity index (χ1n) is 8.20. The highest BCUT2D eigenvalue weighted by atomic mass is 16.1. The monoisotopic (exact) mass is 320 g/mol. The smallest absolute Gasteiger partial charge is 0.151 e. The van der Waals surface area contributed by atoms with E-state index in [1.807, 2.05) is 38.1 Å². The van der Waals surface area contributed by atoms with E-state index < -0.39 is 0 Å². The van der Waals surface area contributed by atoms with Crippen molar-refractivity contribution in [2.75, 3.05) is 0 Å². The van der Waals surface area contributed by atoms with Gasteiger partial charge in [-0.25, -0.2) is 0 Å². The minimum Gasteiger partial charge on any atom is -0.298 e. The van der Waals surface area contributed by atoms with Crippen LogP contribution in [0.3, 0.4) is 0 Å². The fourth-order valence-corrected chi connectivity index (χ4v) is 1.85. The fourth-order valence-electron chi connectivity index (χ4n) is 1.85. The number of aryl methyl sites for hydroxylation is 1. The van der Waals surface area contributed by atoms with E-state index >= 15 is 0 Å². The van der Waals surface area contributed by atoms with Crippen molar-refractivity contribution in [3.8, 4) is 11.4 Å². The second kappa shape index (κ2) is 11.7. The number of aromatic nitrogens is 2. The Bertz CT molecular complexity index is 680. The molecule has 3 rings (SSSR count). The Morgan fingerprint density at radius 2 is 1.50 bits per heavy atom. The summed E-state index contributed by atoms with van der Waals surface area (Å²) in [6.45, 7) is 6.16. The van der Waals surface area contributed by atoms with Crippen LogP contribution in [-0.4, -0.2) is 16.3 Å². The zero-order valence-electron chi connectivity index (χ0n) is 14.5. The molecule has 0 saturated heterocycles. The van der Waals surface area contributed by atoms with Gasteiger partial charge in [0.25, 0.3) is 0 Å². The molecule has 2 aromatic heterocycles. The molecule has 2 heterocycles. The lowest BCUT2D eigenvalue weighted by Crippen LogP contribution is -1.88. The van der Waals surface area contributed by atoms with Gasteiger partial charge in [-0.2, -0.15) is 0 Å². The summed E-state index contributed by atoms with van der Waals surface area (Å²) >= 11 is 0. The van der Waals surface area contributed by atoms with Crippen molar-refractivity contribution in [3.63, 3.8) is 0 Å². The molecule has 0 spiro atoms. The van der Waals surface area contributed by atoms with Crippen LogP contribution in [-0.2, 0) is 6.42 Å². The first-order chi connectivity index (χ1) is 11.8. The van der Waals surface area contributed by atoms with Crippen molar-refractivity contribution >= 4 is 6.29 Å². The van der Waals surface area contributed by atoms with Crippen molar-refractivity contribution in [2.45, 2.75) is 27.2 Å². The number of benzene rings is 1. The SMILES string of the molecule is CC.CCc1ccccc1.O=Cc1ccc(-c2ccccn2)nc1. The number of nitrogens with zero attached hydrogens (tertiary/aromatic N) is 2. The first-order valence-corrected chi connectivity index (χ1v) is 8.20. The molecule has 3 nitrogen and oxygen atoms in total. The van der Waals surface area contributed by atoms with Crippen molar-refractivity contribution in [1.29, 1.82) is 0 Å². The minimum atomic E-state index is 0.574. The molecule has 0 N–H and O–H groups in total. The number of carbonyl (C=O) groups excluding carboxylic acids is 1. The van der Waals surface area contributed by atoms with Gasteiger partial charge in [0.15, 0.2) is 6.29 Å². The number of aldehydes is 1. The van der Waals surface area contributed by atoms with E-state index in [9.17, 15) is 4.79 Å². The zero-order valence-corrected chi connectivity index (χ0v) is 14.5. The lowest BCUT2D eigenvalue weighted by atomic mass is 10.2. The Hall–Kier alpha value is -2.81. The number of hydrogen-bond donors (Lipinski definition) is 0. The van der Waals surface area contributed by atoms with Crippen molar-refractivity contribution < 1.29 is 4.79 Å². The number of pyridine rings is 2. The molecule has 0 atom stereocenters. The van der Waals surface area contributed by atoms with Gasteiger partial charge in [0, 0.05) is 18.0 Å². The molecule has 3 aromatic rings. The summed E-state index contributed by atoms with van der Waals surface area (Å²) in [7, 11) is 0. The summed E-state index contributed by atoms with van der Waals surface area (Å²) in [6, 6.07) is 19.6. The summed E-state index contributed by atoms with van der Waals surface area (Å²) in [6.07, 6.45) is 5.16. The van der Waals surface area contributed by atoms with Crippen molar-refractivity contribution in [2.24, 2.45) is 0 Å². The van der Waals surface area contributed by atoms with Gasteiger partial charge in [-0.3, -0.25) is 14.8 Å². The molecular formula is C21H24N2O. The quantitative estimate of drug-likeness (QED) is 0.620. The number of hydrogen-bond acceptors (Lipinski definition) is 3. The van der Waals surface area contributed by atoms with Gasteiger partial charge in [0.1, 0.15) is 0 Å². The molecular weight excluding hydrogens is 296 g/mol. The molecule has 0 aliphatic rings. The summed E-state index contributed by atoms with van der Waals surface area (Å²) in [5, 5.41) is 0.